The molecule has 0 aliphatic heterocycles. The van der Waals surface area contributed by atoms with E-state index in [1.807, 2.05) is 6.26 Å². The van der Waals surface area contributed by atoms with E-state index in [9.17, 15) is 0 Å². The Hall–Kier alpha value is -6.44. The van der Waals surface area contributed by atoms with Gasteiger partial charge in [0, 0.05) is 21.9 Å². The lowest BCUT2D eigenvalue weighted by Crippen LogP contribution is -1.98. The van der Waals surface area contributed by atoms with Crippen LogP contribution in [0.25, 0.3) is 98.6 Å². The fraction of sp³-hybridized carbons (Fsp3) is 0.0588. The van der Waals surface area contributed by atoms with Crippen LogP contribution in [0, 0.1) is 13.8 Å². The minimum absolute atomic E-state index is 0.931. The molecule has 1 heteroatoms. The molecule has 9 aromatic carbocycles. The smallest absolute Gasteiger partial charge is 0.142 e. The highest BCUT2D eigenvalue weighted by atomic mass is 16.3. The summed E-state index contributed by atoms with van der Waals surface area (Å²) >= 11 is 0. The third-order valence-corrected chi connectivity index (χ3v) is 11.7. The molecule has 11 rings (SSSR count). The number of furan rings is 1. The van der Waals surface area contributed by atoms with Gasteiger partial charge in [-0.1, -0.05) is 127 Å². The minimum atomic E-state index is 0.931. The molecular weight excluding hydrogens is 629 g/mol. The summed E-state index contributed by atoms with van der Waals surface area (Å²) in [4.78, 5) is 0. The number of fused-ring (bicyclic) bond motifs is 10. The summed E-state index contributed by atoms with van der Waals surface area (Å²) in [5.74, 6) is 0. The number of hydrogen-bond donors (Lipinski definition) is 0. The molecule has 1 aliphatic carbocycles. The van der Waals surface area contributed by atoms with Crippen LogP contribution >= 0.6 is 0 Å². The van der Waals surface area contributed by atoms with Crippen LogP contribution in [0.1, 0.15) is 22.3 Å². The Labute approximate surface area is 302 Å². The highest BCUT2D eigenvalue weighted by molar-refractivity contribution is 6.20. The SMILES string of the molecule is Cc1cc2c(c(-c3ccccc3-c3ccc4cc5ccccc5cc4c3-c3coc4c3ccc3c5ccccc5ccc34)c1C)Cc1ccccc1-2. The molecule has 0 spiro atoms. The van der Waals surface area contributed by atoms with Crippen molar-refractivity contribution in [3.63, 3.8) is 0 Å². The summed E-state index contributed by atoms with van der Waals surface area (Å²) in [6, 6.07) is 56.0. The van der Waals surface area contributed by atoms with Gasteiger partial charge >= 0.3 is 0 Å². The first-order valence-corrected chi connectivity index (χ1v) is 18.2. The standard InChI is InChI=1S/C51H34O/c1-30-25-46-38-16-8-6-14-35(38)28-47(46)49(31(30)2)41-18-10-9-17-39(41)42-21-20-36-26-33-12-3-4-13-34(33)27-45(36)50(42)48-29-52-51-43-22-19-32-11-5-7-15-37(32)40(43)23-24-44(48)51/h3-27,29H,28H2,1-2H3. The van der Waals surface area contributed by atoms with E-state index in [4.69, 9.17) is 4.42 Å². The summed E-state index contributed by atoms with van der Waals surface area (Å²) in [6.45, 7) is 4.57. The first-order valence-electron chi connectivity index (χ1n) is 18.2. The summed E-state index contributed by atoms with van der Waals surface area (Å²) in [5.41, 5.74) is 16.6. The van der Waals surface area contributed by atoms with Gasteiger partial charge in [0.25, 0.3) is 0 Å². The minimum Gasteiger partial charge on any atom is -0.463 e. The molecule has 0 fully saturated rings. The molecule has 0 bridgehead atoms. The summed E-state index contributed by atoms with van der Waals surface area (Å²) in [5, 5.41) is 10.9. The van der Waals surface area contributed by atoms with Crippen LogP contribution in [0.2, 0.25) is 0 Å². The maximum atomic E-state index is 6.64. The topological polar surface area (TPSA) is 13.1 Å². The second-order valence-electron chi connectivity index (χ2n) is 14.5. The molecule has 0 atom stereocenters. The van der Waals surface area contributed by atoms with Crippen molar-refractivity contribution in [1.29, 1.82) is 0 Å². The largest absolute Gasteiger partial charge is 0.463 e. The molecule has 1 nitrogen and oxygen atoms in total. The highest BCUT2D eigenvalue weighted by Gasteiger charge is 2.27. The Morgan fingerprint density at radius 2 is 1.08 bits per heavy atom. The molecule has 1 heterocycles. The first kappa shape index (κ1) is 29.3. The van der Waals surface area contributed by atoms with Gasteiger partial charge in [-0.3, -0.25) is 0 Å². The molecule has 0 unspecified atom stereocenters. The van der Waals surface area contributed by atoms with Gasteiger partial charge in [0.15, 0.2) is 0 Å². The van der Waals surface area contributed by atoms with E-state index < -0.39 is 0 Å². The Balaban J connectivity index is 1.22. The third kappa shape index (κ3) is 4.17. The Morgan fingerprint density at radius 3 is 1.94 bits per heavy atom. The van der Waals surface area contributed by atoms with E-state index in [0.717, 1.165) is 28.3 Å². The van der Waals surface area contributed by atoms with Crippen LogP contribution in [0.5, 0.6) is 0 Å². The molecule has 0 N–H and O–H groups in total. The number of aryl methyl sites for hydroxylation is 1. The van der Waals surface area contributed by atoms with E-state index in [0.29, 0.717) is 0 Å². The van der Waals surface area contributed by atoms with Crippen molar-refractivity contribution in [2.45, 2.75) is 20.3 Å². The Bertz CT molecular complexity index is 3120. The monoisotopic (exact) mass is 662 g/mol. The average molecular weight is 663 g/mol. The van der Waals surface area contributed by atoms with Crippen molar-refractivity contribution in [2.24, 2.45) is 0 Å². The van der Waals surface area contributed by atoms with Crippen LogP contribution in [-0.4, -0.2) is 0 Å². The summed E-state index contributed by atoms with van der Waals surface area (Å²) < 4.78 is 6.64. The van der Waals surface area contributed by atoms with Crippen molar-refractivity contribution < 1.29 is 4.42 Å². The van der Waals surface area contributed by atoms with Gasteiger partial charge < -0.3 is 4.42 Å². The lowest BCUT2D eigenvalue weighted by molar-refractivity contribution is 0.620. The van der Waals surface area contributed by atoms with Gasteiger partial charge in [0.1, 0.15) is 5.58 Å². The number of hydrogen-bond acceptors (Lipinski definition) is 1. The molecular formula is C51H34O. The second kappa shape index (κ2) is 11.0. The van der Waals surface area contributed by atoms with Crippen molar-refractivity contribution >= 4 is 54.1 Å². The predicted molar refractivity (Wildman–Crippen MR) is 220 cm³/mol. The predicted octanol–water partition coefficient (Wildman–Crippen LogP) is 14.2. The zero-order valence-electron chi connectivity index (χ0n) is 29.1. The molecule has 52 heavy (non-hydrogen) atoms. The number of benzene rings is 9. The highest BCUT2D eigenvalue weighted by Crippen LogP contribution is 2.50. The van der Waals surface area contributed by atoms with Gasteiger partial charge in [0.2, 0.25) is 0 Å². The van der Waals surface area contributed by atoms with Gasteiger partial charge in [-0.2, -0.15) is 0 Å². The quantitative estimate of drug-likeness (QED) is 0.136. The van der Waals surface area contributed by atoms with Crippen molar-refractivity contribution in [3.05, 3.63) is 180 Å². The van der Waals surface area contributed by atoms with Crippen LogP contribution in [0.3, 0.4) is 0 Å². The van der Waals surface area contributed by atoms with E-state index in [1.54, 1.807) is 0 Å². The maximum Gasteiger partial charge on any atom is 0.142 e. The molecule has 0 amide bonds. The van der Waals surface area contributed by atoms with Gasteiger partial charge in [-0.15, -0.1) is 0 Å². The van der Waals surface area contributed by atoms with E-state index >= 15 is 0 Å². The summed E-state index contributed by atoms with van der Waals surface area (Å²) in [6.07, 6.45) is 2.95. The van der Waals surface area contributed by atoms with Crippen molar-refractivity contribution in [3.8, 4) is 44.5 Å². The fourth-order valence-corrected chi connectivity index (χ4v) is 9.13. The van der Waals surface area contributed by atoms with Crippen molar-refractivity contribution in [2.75, 3.05) is 0 Å². The van der Waals surface area contributed by atoms with Gasteiger partial charge in [-0.25, -0.2) is 0 Å². The molecule has 0 saturated heterocycles. The molecule has 1 aromatic heterocycles. The van der Waals surface area contributed by atoms with Gasteiger partial charge in [0.05, 0.1) is 6.26 Å². The van der Waals surface area contributed by atoms with E-state index in [2.05, 4.69) is 166 Å². The Morgan fingerprint density at radius 1 is 0.404 bits per heavy atom. The van der Waals surface area contributed by atoms with Gasteiger partial charge in [-0.05, 0) is 138 Å². The second-order valence-corrected chi connectivity index (χ2v) is 14.5. The van der Waals surface area contributed by atoms with Crippen molar-refractivity contribution in [1.82, 2.24) is 0 Å². The number of rotatable bonds is 3. The van der Waals surface area contributed by atoms with E-state index in [-0.39, 0.29) is 0 Å². The van der Waals surface area contributed by atoms with Crippen LogP contribution in [0.15, 0.2) is 162 Å². The average Bonchev–Trinajstić information content (AvgIpc) is 3.79. The Kier molecular flexibility index (Phi) is 6.22. The zero-order valence-corrected chi connectivity index (χ0v) is 29.1. The zero-order chi connectivity index (χ0) is 34.5. The molecule has 1 aliphatic rings. The fourth-order valence-electron chi connectivity index (χ4n) is 9.13. The molecule has 0 saturated carbocycles. The third-order valence-electron chi connectivity index (χ3n) is 11.7. The summed E-state index contributed by atoms with van der Waals surface area (Å²) in [7, 11) is 0. The molecule has 10 aromatic rings. The van der Waals surface area contributed by atoms with E-state index in [1.165, 1.54) is 98.9 Å². The lowest BCUT2D eigenvalue weighted by atomic mass is 9.82. The maximum absolute atomic E-state index is 6.64. The van der Waals surface area contributed by atoms with Crippen LogP contribution in [0.4, 0.5) is 0 Å². The normalized spacial score (nSPS) is 12.3. The molecule has 0 radical (unpaired) electrons. The van der Waals surface area contributed by atoms with Crippen LogP contribution in [-0.2, 0) is 6.42 Å². The lowest BCUT2D eigenvalue weighted by Gasteiger charge is -2.21. The first-order chi connectivity index (χ1) is 25.6. The molecule has 244 valence electrons. The van der Waals surface area contributed by atoms with Crippen LogP contribution < -0.4 is 0 Å².